The fraction of sp³-hybridized carbons (Fsp3) is 0.640. The quantitative estimate of drug-likeness (QED) is 0.387. The number of anilines is 3. The first-order valence-corrected chi connectivity index (χ1v) is 13.3. The van der Waals surface area contributed by atoms with Crippen molar-refractivity contribution in [1.82, 2.24) is 39.9 Å². The molecule has 3 aromatic heterocycles. The number of hydrogen-bond donors (Lipinski definition) is 2. The van der Waals surface area contributed by atoms with Crippen LogP contribution in [0.4, 0.5) is 30.8 Å². The van der Waals surface area contributed by atoms with Crippen LogP contribution in [0.5, 0.6) is 0 Å². The van der Waals surface area contributed by atoms with E-state index >= 15 is 0 Å². The van der Waals surface area contributed by atoms with Crippen molar-refractivity contribution in [2.75, 3.05) is 56.2 Å². The number of halogens is 3. The number of rotatable bonds is 9. The third-order valence-electron chi connectivity index (χ3n) is 6.86. The highest BCUT2D eigenvalue weighted by atomic mass is 19.4. The predicted octanol–water partition coefficient (Wildman–Crippen LogP) is 3.11. The van der Waals surface area contributed by atoms with E-state index in [0.717, 1.165) is 44.7 Å². The van der Waals surface area contributed by atoms with Gasteiger partial charge in [0.2, 0.25) is 5.95 Å². The lowest BCUT2D eigenvalue weighted by Crippen LogP contribution is -2.57. The molecule has 0 spiro atoms. The lowest BCUT2D eigenvalue weighted by Gasteiger charge is -2.39. The Bertz CT molecular complexity index is 1240. The van der Waals surface area contributed by atoms with Crippen LogP contribution in [0.25, 0.3) is 11.0 Å². The zero-order chi connectivity index (χ0) is 27.5. The number of hydrogen-bond acceptors (Lipinski definition) is 10. The standard InChI is InChI=1S/C25H35F3N10O/c1-24(2)15-37(11-8-31-24)23-33-20-18(14-36-9-4-3-5-10-36)35-38(12-13-39-16-25(26,27)28)21(20)22(34-23)32-19-6-7-29-17-30-19/h6-7,17,31H,3-5,8-16H2,1-2H3,(H,29,30,32,33,34). The lowest BCUT2D eigenvalue weighted by molar-refractivity contribution is -0.174. The molecule has 2 aliphatic rings. The Hall–Kier alpha value is -3.10. The molecule has 0 bridgehead atoms. The molecule has 0 saturated carbocycles. The number of piperazine rings is 1. The van der Waals surface area contributed by atoms with Crippen molar-refractivity contribution in [2.24, 2.45) is 0 Å². The second-order valence-corrected chi connectivity index (χ2v) is 10.7. The molecular weight excluding hydrogens is 513 g/mol. The van der Waals surface area contributed by atoms with Gasteiger partial charge in [0, 0.05) is 37.9 Å². The average Bonchev–Trinajstić information content (AvgIpc) is 3.24. The van der Waals surface area contributed by atoms with Crippen molar-refractivity contribution >= 4 is 28.6 Å². The van der Waals surface area contributed by atoms with Crippen LogP contribution in [0.1, 0.15) is 38.8 Å². The predicted molar refractivity (Wildman–Crippen MR) is 141 cm³/mol. The zero-order valence-electron chi connectivity index (χ0n) is 22.3. The number of alkyl halides is 3. The first-order chi connectivity index (χ1) is 18.7. The molecule has 39 heavy (non-hydrogen) atoms. The Labute approximate surface area is 225 Å². The summed E-state index contributed by atoms with van der Waals surface area (Å²) in [5.74, 6) is 1.59. The van der Waals surface area contributed by atoms with Gasteiger partial charge in [0.05, 0.1) is 13.2 Å². The summed E-state index contributed by atoms with van der Waals surface area (Å²) in [4.78, 5) is 22.7. The minimum Gasteiger partial charge on any atom is -0.370 e. The van der Waals surface area contributed by atoms with E-state index in [9.17, 15) is 13.2 Å². The van der Waals surface area contributed by atoms with Gasteiger partial charge in [-0.3, -0.25) is 9.58 Å². The molecule has 2 aliphatic heterocycles. The molecule has 14 heteroatoms. The Balaban J connectivity index is 1.55. The van der Waals surface area contributed by atoms with Gasteiger partial charge in [-0.15, -0.1) is 0 Å². The van der Waals surface area contributed by atoms with Gasteiger partial charge in [0.1, 0.15) is 35.5 Å². The molecule has 0 aliphatic carbocycles. The van der Waals surface area contributed by atoms with E-state index in [1.165, 1.54) is 12.7 Å². The molecule has 5 rings (SSSR count). The highest BCUT2D eigenvalue weighted by molar-refractivity contribution is 5.90. The van der Waals surface area contributed by atoms with Gasteiger partial charge in [-0.2, -0.15) is 23.3 Å². The third kappa shape index (κ3) is 7.11. The summed E-state index contributed by atoms with van der Waals surface area (Å²) >= 11 is 0. The largest absolute Gasteiger partial charge is 0.411 e. The van der Waals surface area contributed by atoms with Crippen LogP contribution >= 0.6 is 0 Å². The number of aromatic nitrogens is 6. The van der Waals surface area contributed by atoms with Crippen LogP contribution in [0.15, 0.2) is 18.6 Å². The van der Waals surface area contributed by atoms with Gasteiger partial charge in [-0.25, -0.2) is 15.0 Å². The molecule has 11 nitrogen and oxygen atoms in total. The average molecular weight is 549 g/mol. The van der Waals surface area contributed by atoms with Crippen molar-refractivity contribution in [2.45, 2.75) is 57.9 Å². The summed E-state index contributed by atoms with van der Waals surface area (Å²) < 4.78 is 44.6. The van der Waals surface area contributed by atoms with Gasteiger partial charge in [-0.1, -0.05) is 6.42 Å². The van der Waals surface area contributed by atoms with Gasteiger partial charge < -0.3 is 20.3 Å². The molecule has 2 N–H and O–H groups in total. The molecule has 2 saturated heterocycles. The van der Waals surface area contributed by atoms with Crippen molar-refractivity contribution < 1.29 is 17.9 Å². The van der Waals surface area contributed by atoms with Gasteiger partial charge in [0.25, 0.3) is 0 Å². The first kappa shape index (κ1) is 27.5. The maximum Gasteiger partial charge on any atom is 0.411 e. The number of likely N-dealkylation sites (tertiary alicyclic amines) is 1. The molecule has 5 heterocycles. The number of nitrogens with one attached hydrogen (secondary N) is 2. The third-order valence-corrected chi connectivity index (χ3v) is 6.86. The Morgan fingerprint density at radius 1 is 1.13 bits per heavy atom. The first-order valence-electron chi connectivity index (χ1n) is 13.3. The second kappa shape index (κ2) is 11.6. The van der Waals surface area contributed by atoms with E-state index in [4.69, 9.17) is 19.8 Å². The smallest absolute Gasteiger partial charge is 0.370 e. The molecule has 0 aromatic carbocycles. The van der Waals surface area contributed by atoms with E-state index in [2.05, 4.69) is 44.2 Å². The minimum absolute atomic E-state index is 0.118. The van der Waals surface area contributed by atoms with E-state index in [1.807, 2.05) is 0 Å². The van der Waals surface area contributed by atoms with Crippen LogP contribution in [0.2, 0.25) is 0 Å². The van der Waals surface area contributed by atoms with Crippen molar-refractivity contribution in [3.63, 3.8) is 0 Å². The van der Waals surface area contributed by atoms with E-state index in [1.54, 1.807) is 16.9 Å². The van der Waals surface area contributed by atoms with Gasteiger partial charge in [0.15, 0.2) is 5.82 Å². The monoisotopic (exact) mass is 548 g/mol. The SMILES string of the molecule is CC1(C)CN(c2nc(Nc3ccncn3)c3c(n2)c(CN2CCCCC2)nn3CCOCC(F)(F)F)CCN1. The fourth-order valence-electron chi connectivity index (χ4n) is 5.09. The summed E-state index contributed by atoms with van der Waals surface area (Å²) in [6, 6.07) is 1.73. The molecule has 0 amide bonds. The molecule has 3 aromatic rings. The summed E-state index contributed by atoms with van der Waals surface area (Å²) in [7, 11) is 0. The zero-order valence-corrected chi connectivity index (χ0v) is 22.3. The summed E-state index contributed by atoms with van der Waals surface area (Å²) in [5, 5.41) is 11.6. The highest BCUT2D eigenvalue weighted by Crippen LogP contribution is 2.30. The van der Waals surface area contributed by atoms with E-state index in [0.29, 0.717) is 41.7 Å². The van der Waals surface area contributed by atoms with Crippen molar-refractivity contribution in [1.29, 1.82) is 0 Å². The topological polar surface area (TPSA) is 109 Å². The van der Waals surface area contributed by atoms with Crippen LogP contribution in [-0.4, -0.2) is 92.3 Å². The van der Waals surface area contributed by atoms with Gasteiger partial charge >= 0.3 is 6.18 Å². The summed E-state index contributed by atoms with van der Waals surface area (Å²) in [6.45, 7) is 7.72. The molecule has 212 valence electrons. The molecular formula is C25H35F3N10O. The summed E-state index contributed by atoms with van der Waals surface area (Å²) in [6.07, 6.45) is 2.13. The van der Waals surface area contributed by atoms with Crippen molar-refractivity contribution in [3.8, 4) is 0 Å². The summed E-state index contributed by atoms with van der Waals surface area (Å²) in [5.41, 5.74) is 1.93. The molecule has 0 radical (unpaired) electrons. The highest BCUT2D eigenvalue weighted by Gasteiger charge is 2.30. The molecule has 2 fully saturated rings. The van der Waals surface area contributed by atoms with Crippen LogP contribution in [0.3, 0.4) is 0 Å². The van der Waals surface area contributed by atoms with Crippen molar-refractivity contribution in [3.05, 3.63) is 24.3 Å². The van der Waals surface area contributed by atoms with E-state index < -0.39 is 12.8 Å². The Kier molecular flexibility index (Phi) is 8.14. The van der Waals surface area contributed by atoms with Crippen LogP contribution < -0.4 is 15.5 Å². The van der Waals surface area contributed by atoms with Gasteiger partial charge in [-0.05, 0) is 45.8 Å². The van der Waals surface area contributed by atoms with E-state index in [-0.39, 0.29) is 18.7 Å². The van der Waals surface area contributed by atoms with Crippen LogP contribution in [0, 0.1) is 0 Å². The second-order valence-electron chi connectivity index (χ2n) is 10.7. The number of fused-ring (bicyclic) bond motifs is 1. The molecule has 0 unspecified atom stereocenters. The normalized spacial score (nSPS) is 18.5. The Morgan fingerprint density at radius 2 is 1.95 bits per heavy atom. The molecule has 0 atom stereocenters. The number of ether oxygens (including phenoxy) is 1. The maximum atomic E-state index is 12.7. The fourth-order valence-corrected chi connectivity index (χ4v) is 5.09. The Morgan fingerprint density at radius 3 is 2.67 bits per heavy atom. The minimum atomic E-state index is -4.39. The number of nitrogens with zero attached hydrogens (tertiary/aromatic N) is 8. The maximum absolute atomic E-state index is 12.7. The number of piperidine rings is 1. The van der Waals surface area contributed by atoms with Crippen LogP contribution in [-0.2, 0) is 17.8 Å². The lowest BCUT2D eigenvalue weighted by atomic mass is 10.0.